The van der Waals surface area contributed by atoms with E-state index in [2.05, 4.69) is 47.1 Å². The van der Waals surface area contributed by atoms with Crippen LogP contribution in [0.4, 0.5) is 0 Å². The fourth-order valence-corrected chi connectivity index (χ4v) is 2.39. The Kier molecular flexibility index (Phi) is 3.81. The molecule has 1 aliphatic carbocycles. The molecular formula is C13H17BrO. The molecule has 0 radical (unpaired) electrons. The maximum Gasteiger partial charge on any atom is 0.0800 e. The van der Waals surface area contributed by atoms with Gasteiger partial charge in [0.25, 0.3) is 0 Å². The molecule has 0 aliphatic heterocycles. The molecule has 0 saturated heterocycles. The Morgan fingerprint density at radius 3 is 2.40 bits per heavy atom. The minimum absolute atomic E-state index is 0.223. The van der Waals surface area contributed by atoms with E-state index in [0.29, 0.717) is 6.10 Å². The third kappa shape index (κ3) is 3.05. The standard InChI is InChI=1S/C13H17BrO/c1-10(15-13-4-2-3-5-13)11-6-8-12(14)9-7-11/h6-10,13H,2-5H2,1H3. The molecule has 1 nitrogen and oxygen atoms in total. The van der Waals surface area contributed by atoms with Crippen molar-refractivity contribution in [3.63, 3.8) is 0 Å². The predicted molar refractivity (Wildman–Crippen MR) is 65.9 cm³/mol. The van der Waals surface area contributed by atoms with E-state index in [4.69, 9.17) is 4.74 Å². The summed E-state index contributed by atoms with van der Waals surface area (Å²) in [6.45, 7) is 2.14. The highest BCUT2D eigenvalue weighted by Crippen LogP contribution is 2.27. The molecule has 1 atom stereocenters. The van der Waals surface area contributed by atoms with E-state index in [1.807, 2.05) is 0 Å². The number of rotatable bonds is 3. The van der Waals surface area contributed by atoms with Gasteiger partial charge in [-0.2, -0.15) is 0 Å². The van der Waals surface area contributed by atoms with Crippen molar-refractivity contribution in [3.8, 4) is 0 Å². The van der Waals surface area contributed by atoms with Crippen LogP contribution < -0.4 is 0 Å². The van der Waals surface area contributed by atoms with Crippen molar-refractivity contribution in [3.05, 3.63) is 34.3 Å². The van der Waals surface area contributed by atoms with Gasteiger partial charge < -0.3 is 4.74 Å². The molecule has 1 aromatic rings. The summed E-state index contributed by atoms with van der Waals surface area (Å²) < 4.78 is 7.15. The molecule has 1 aliphatic rings. The second-order valence-electron chi connectivity index (χ2n) is 4.24. The number of halogens is 1. The highest BCUT2D eigenvalue weighted by Gasteiger charge is 2.18. The lowest BCUT2D eigenvalue weighted by atomic mass is 10.1. The van der Waals surface area contributed by atoms with E-state index in [0.717, 1.165) is 4.47 Å². The van der Waals surface area contributed by atoms with E-state index in [1.165, 1.54) is 31.2 Å². The molecule has 1 fully saturated rings. The monoisotopic (exact) mass is 268 g/mol. The van der Waals surface area contributed by atoms with Gasteiger partial charge in [-0.25, -0.2) is 0 Å². The van der Waals surface area contributed by atoms with Crippen LogP contribution in [0.3, 0.4) is 0 Å². The van der Waals surface area contributed by atoms with Crippen LogP contribution in [0.1, 0.15) is 44.3 Å². The first-order chi connectivity index (χ1) is 7.25. The van der Waals surface area contributed by atoms with E-state index in [9.17, 15) is 0 Å². The Morgan fingerprint density at radius 1 is 1.20 bits per heavy atom. The third-order valence-corrected chi connectivity index (χ3v) is 3.57. The zero-order chi connectivity index (χ0) is 10.7. The topological polar surface area (TPSA) is 9.23 Å². The van der Waals surface area contributed by atoms with Crippen molar-refractivity contribution in [1.29, 1.82) is 0 Å². The van der Waals surface area contributed by atoms with Crippen molar-refractivity contribution in [1.82, 2.24) is 0 Å². The van der Waals surface area contributed by atoms with Crippen LogP contribution in [0.15, 0.2) is 28.7 Å². The zero-order valence-electron chi connectivity index (χ0n) is 9.08. The van der Waals surface area contributed by atoms with Crippen LogP contribution in [-0.4, -0.2) is 6.10 Å². The van der Waals surface area contributed by atoms with Crippen molar-refractivity contribution >= 4 is 15.9 Å². The normalized spacial score (nSPS) is 19.3. The minimum Gasteiger partial charge on any atom is -0.371 e. The van der Waals surface area contributed by atoms with Gasteiger partial charge in [-0.1, -0.05) is 40.9 Å². The first kappa shape index (κ1) is 11.2. The molecule has 0 bridgehead atoms. The molecule has 0 N–H and O–H groups in total. The molecule has 1 unspecified atom stereocenters. The molecule has 15 heavy (non-hydrogen) atoms. The Hall–Kier alpha value is -0.340. The SMILES string of the molecule is CC(OC1CCCC1)c1ccc(Br)cc1. The first-order valence-corrected chi connectivity index (χ1v) is 6.46. The number of benzene rings is 1. The van der Waals surface area contributed by atoms with Gasteiger partial charge in [0, 0.05) is 4.47 Å². The van der Waals surface area contributed by atoms with Crippen LogP contribution >= 0.6 is 15.9 Å². The minimum atomic E-state index is 0.223. The molecule has 0 heterocycles. The van der Waals surface area contributed by atoms with Crippen LogP contribution in [0, 0.1) is 0 Å². The van der Waals surface area contributed by atoms with Crippen LogP contribution in [-0.2, 0) is 4.74 Å². The third-order valence-electron chi connectivity index (χ3n) is 3.04. The Morgan fingerprint density at radius 2 is 1.80 bits per heavy atom. The van der Waals surface area contributed by atoms with Gasteiger partial charge in [-0.05, 0) is 37.5 Å². The summed E-state index contributed by atoms with van der Waals surface area (Å²) in [7, 11) is 0. The molecule has 0 spiro atoms. The van der Waals surface area contributed by atoms with Gasteiger partial charge in [0.1, 0.15) is 0 Å². The van der Waals surface area contributed by atoms with E-state index >= 15 is 0 Å². The quantitative estimate of drug-likeness (QED) is 0.786. The summed E-state index contributed by atoms with van der Waals surface area (Å²) in [6, 6.07) is 8.40. The Labute approximate surface area is 100.0 Å². The molecule has 2 rings (SSSR count). The molecule has 0 amide bonds. The van der Waals surface area contributed by atoms with Gasteiger partial charge >= 0.3 is 0 Å². The van der Waals surface area contributed by atoms with Crippen molar-refractivity contribution in [2.75, 3.05) is 0 Å². The molecule has 1 saturated carbocycles. The van der Waals surface area contributed by atoms with Gasteiger partial charge in [-0.15, -0.1) is 0 Å². The average Bonchev–Trinajstić information content (AvgIpc) is 2.71. The predicted octanol–water partition coefficient (Wildman–Crippen LogP) is 4.47. The second-order valence-corrected chi connectivity index (χ2v) is 5.15. The van der Waals surface area contributed by atoms with E-state index < -0.39 is 0 Å². The lowest BCUT2D eigenvalue weighted by Crippen LogP contribution is -2.11. The van der Waals surface area contributed by atoms with Crippen molar-refractivity contribution < 1.29 is 4.74 Å². The summed E-state index contributed by atoms with van der Waals surface area (Å²) in [5, 5.41) is 0. The van der Waals surface area contributed by atoms with Crippen LogP contribution in [0.25, 0.3) is 0 Å². The molecular weight excluding hydrogens is 252 g/mol. The summed E-state index contributed by atoms with van der Waals surface area (Å²) in [6.07, 6.45) is 5.85. The summed E-state index contributed by atoms with van der Waals surface area (Å²) in [5.41, 5.74) is 1.27. The van der Waals surface area contributed by atoms with Crippen LogP contribution in [0.2, 0.25) is 0 Å². The highest BCUT2D eigenvalue weighted by molar-refractivity contribution is 9.10. The second kappa shape index (κ2) is 5.13. The van der Waals surface area contributed by atoms with Gasteiger partial charge in [0.2, 0.25) is 0 Å². The smallest absolute Gasteiger partial charge is 0.0800 e. The summed E-state index contributed by atoms with van der Waals surface area (Å²) >= 11 is 3.44. The van der Waals surface area contributed by atoms with Gasteiger partial charge in [-0.3, -0.25) is 0 Å². The fraction of sp³-hybridized carbons (Fsp3) is 0.538. The van der Waals surface area contributed by atoms with E-state index in [1.54, 1.807) is 0 Å². The van der Waals surface area contributed by atoms with Crippen molar-refractivity contribution in [2.24, 2.45) is 0 Å². The van der Waals surface area contributed by atoms with Crippen molar-refractivity contribution in [2.45, 2.75) is 44.8 Å². The first-order valence-electron chi connectivity index (χ1n) is 5.66. The Bertz CT molecular complexity index is 301. The summed E-state index contributed by atoms with van der Waals surface area (Å²) in [4.78, 5) is 0. The van der Waals surface area contributed by atoms with Gasteiger partial charge in [0.15, 0.2) is 0 Å². The lowest BCUT2D eigenvalue weighted by molar-refractivity contribution is 0.00102. The highest BCUT2D eigenvalue weighted by atomic mass is 79.9. The molecule has 1 aromatic carbocycles. The summed E-state index contributed by atoms with van der Waals surface area (Å²) in [5.74, 6) is 0. The van der Waals surface area contributed by atoms with Gasteiger partial charge in [0.05, 0.1) is 12.2 Å². The zero-order valence-corrected chi connectivity index (χ0v) is 10.7. The van der Waals surface area contributed by atoms with E-state index in [-0.39, 0.29) is 6.10 Å². The average molecular weight is 269 g/mol. The number of hydrogen-bond acceptors (Lipinski definition) is 1. The maximum absolute atomic E-state index is 6.02. The Balaban J connectivity index is 1.94. The largest absolute Gasteiger partial charge is 0.371 e. The molecule has 82 valence electrons. The van der Waals surface area contributed by atoms with Crippen LogP contribution in [0.5, 0.6) is 0 Å². The maximum atomic E-state index is 6.02. The molecule has 0 aromatic heterocycles. The lowest BCUT2D eigenvalue weighted by Gasteiger charge is -2.18. The molecule has 2 heteroatoms. The fourth-order valence-electron chi connectivity index (χ4n) is 2.13. The number of hydrogen-bond donors (Lipinski definition) is 0. The number of ether oxygens (including phenoxy) is 1.